The summed E-state index contributed by atoms with van der Waals surface area (Å²) < 4.78 is 41.7. The van der Waals surface area contributed by atoms with Gasteiger partial charge in [-0.3, -0.25) is 0 Å². The quantitative estimate of drug-likeness (QED) is 0.840. The molecule has 2 aromatic rings. The molecule has 1 aromatic heterocycles. The number of alkyl halides is 3. The highest BCUT2D eigenvalue weighted by molar-refractivity contribution is 7.09. The van der Waals surface area contributed by atoms with Crippen molar-refractivity contribution in [1.29, 1.82) is 0 Å². The van der Waals surface area contributed by atoms with E-state index in [1.165, 1.54) is 18.2 Å². The van der Waals surface area contributed by atoms with Crippen LogP contribution < -0.4 is 5.73 Å². The number of halogens is 3. The van der Waals surface area contributed by atoms with Crippen LogP contribution in [0, 0.1) is 0 Å². The van der Waals surface area contributed by atoms with Crippen molar-refractivity contribution in [3.05, 3.63) is 29.8 Å². The molecule has 0 saturated heterocycles. The van der Waals surface area contributed by atoms with Gasteiger partial charge in [0, 0.05) is 17.1 Å². The van der Waals surface area contributed by atoms with Gasteiger partial charge in [0.2, 0.25) is 0 Å². The first-order chi connectivity index (χ1) is 7.48. The van der Waals surface area contributed by atoms with Crippen LogP contribution in [0.5, 0.6) is 0 Å². The number of rotatable bonds is 1. The highest BCUT2D eigenvalue weighted by Crippen LogP contribution is 2.36. The van der Waals surface area contributed by atoms with Crippen molar-refractivity contribution in [2.75, 3.05) is 5.73 Å². The third kappa shape index (κ3) is 1.99. The minimum atomic E-state index is -4.42. The Morgan fingerprint density at radius 3 is 2.44 bits per heavy atom. The van der Waals surface area contributed by atoms with Gasteiger partial charge in [-0.05, 0) is 6.07 Å². The number of anilines is 1. The molecular formula is C9H6F3N3S. The molecule has 3 nitrogen and oxygen atoms in total. The highest BCUT2D eigenvalue weighted by atomic mass is 32.1. The van der Waals surface area contributed by atoms with Crippen molar-refractivity contribution in [1.82, 2.24) is 9.36 Å². The maximum atomic E-state index is 12.7. The van der Waals surface area contributed by atoms with Crippen LogP contribution in [0.3, 0.4) is 0 Å². The average molecular weight is 245 g/mol. The van der Waals surface area contributed by atoms with E-state index in [4.69, 9.17) is 5.73 Å². The van der Waals surface area contributed by atoms with Gasteiger partial charge < -0.3 is 5.73 Å². The summed E-state index contributed by atoms with van der Waals surface area (Å²) in [6, 6.07) is 5.14. The van der Waals surface area contributed by atoms with Crippen LogP contribution in [0.15, 0.2) is 24.3 Å². The van der Waals surface area contributed by atoms with Gasteiger partial charge in [-0.1, -0.05) is 18.2 Å². The molecule has 0 aliphatic carbocycles. The minimum absolute atomic E-state index is 0.00965. The van der Waals surface area contributed by atoms with E-state index in [0.717, 1.165) is 17.6 Å². The van der Waals surface area contributed by atoms with E-state index in [0.29, 0.717) is 0 Å². The Balaban J connectivity index is 2.57. The summed E-state index contributed by atoms with van der Waals surface area (Å²) >= 11 is 0.868. The van der Waals surface area contributed by atoms with Crippen LogP contribution in [-0.4, -0.2) is 9.36 Å². The standard InChI is InChI=1S/C9H6F3N3S/c10-9(11,12)6-4-2-1-3-5(6)7-14-8(13)16-15-7/h1-4H,(H2,13,14,15). The molecule has 0 spiro atoms. The number of hydrogen-bond donors (Lipinski definition) is 1. The first-order valence-corrected chi connectivity index (χ1v) is 5.01. The minimum Gasteiger partial charge on any atom is -0.374 e. The van der Waals surface area contributed by atoms with Crippen LogP contribution in [0.2, 0.25) is 0 Å². The molecule has 0 saturated carbocycles. The number of nitrogens with zero attached hydrogens (tertiary/aromatic N) is 2. The summed E-state index contributed by atoms with van der Waals surface area (Å²) in [6.07, 6.45) is -4.42. The van der Waals surface area contributed by atoms with Gasteiger partial charge in [0.1, 0.15) is 0 Å². The molecular weight excluding hydrogens is 239 g/mol. The van der Waals surface area contributed by atoms with Crippen molar-refractivity contribution >= 4 is 16.7 Å². The SMILES string of the molecule is Nc1nc(-c2ccccc2C(F)(F)F)ns1. The summed E-state index contributed by atoms with van der Waals surface area (Å²) in [4.78, 5) is 3.74. The molecule has 1 aromatic carbocycles. The fourth-order valence-electron chi connectivity index (χ4n) is 1.27. The van der Waals surface area contributed by atoms with Gasteiger partial charge in [-0.25, -0.2) is 0 Å². The molecule has 0 aliphatic heterocycles. The summed E-state index contributed by atoms with van der Waals surface area (Å²) in [6.45, 7) is 0. The van der Waals surface area contributed by atoms with Gasteiger partial charge in [0.25, 0.3) is 0 Å². The van der Waals surface area contributed by atoms with Gasteiger partial charge in [0.05, 0.1) is 5.56 Å². The molecule has 1 heterocycles. The molecule has 0 amide bonds. The smallest absolute Gasteiger partial charge is 0.374 e. The topological polar surface area (TPSA) is 51.8 Å². The number of aromatic nitrogens is 2. The number of nitrogen functional groups attached to an aromatic ring is 1. The lowest BCUT2D eigenvalue weighted by Gasteiger charge is -2.09. The fraction of sp³-hybridized carbons (Fsp3) is 0.111. The molecule has 0 bridgehead atoms. The molecule has 7 heteroatoms. The zero-order valence-electron chi connectivity index (χ0n) is 7.82. The first kappa shape index (κ1) is 10.9. The lowest BCUT2D eigenvalue weighted by molar-refractivity contribution is -0.137. The molecule has 2 rings (SSSR count). The lowest BCUT2D eigenvalue weighted by atomic mass is 10.1. The molecule has 0 unspecified atom stereocenters. The molecule has 0 atom stereocenters. The van der Waals surface area contributed by atoms with Crippen LogP contribution in [0.4, 0.5) is 18.3 Å². The largest absolute Gasteiger partial charge is 0.417 e. The van der Waals surface area contributed by atoms with Gasteiger partial charge >= 0.3 is 6.18 Å². The molecule has 84 valence electrons. The van der Waals surface area contributed by atoms with Crippen molar-refractivity contribution < 1.29 is 13.2 Å². The van der Waals surface area contributed by atoms with E-state index in [1.807, 2.05) is 0 Å². The predicted octanol–water partition coefficient (Wildman–Crippen LogP) is 2.81. The number of benzene rings is 1. The Morgan fingerprint density at radius 1 is 1.19 bits per heavy atom. The summed E-state index contributed by atoms with van der Waals surface area (Å²) in [7, 11) is 0. The van der Waals surface area contributed by atoms with E-state index in [9.17, 15) is 13.2 Å². The predicted molar refractivity (Wildman–Crippen MR) is 54.8 cm³/mol. The van der Waals surface area contributed by atoms with Crippen molar-refractivity contribution in [3.63, 3.8) is 0 Å². The van der Waals surface area contributed by atoms with E-state index in [2.05, 4.69) is 9.36 Å². The Kier molecular flexibility index (Phi) is 2.55. The van der Waals surface area contributed by atoms with E-state index < -0.39 is 11.7 Å². The zero-order valence-corrected chi connectivity index (χ0v) is 8.64. The van der Waals surface area contributed by atoms with Crippen LogP contribution in [0.25, 0.3) is 11.4 Å². The average Bonchev–Trinajstić information content (AvgIpc) is 2.64. The lowest BCUT2D eigenvalue weighted by Crippen LogP contribution is -2.07. The summed E-state index contributed by atoms with van der Waals surface area (Å²) in [5.41, 5.74) is 4.53. The molecule has 0 aliphatic rings. The maximum absolute atomic E-state index is 12.7. The number of hydrogen-bond acceptors (Lipinski definition) is 4. The number of nitrogens with two attached hydrogens (primary N) is 1. The van der Waals surface area contributed by atoms with Crippen molar-refractivity contribution in [2.45, 2.75) is 6.18 Å². The maximum Gasteiger partial charge on any atom is 0.417 e. The van der Waals surface area contributed by atoms with Gasteiger partial charge in [-0.15, -0.1) is 0 Å². The Hall–Kier alpha value is -1.63. The molecule has 16 heavy (non-hydrogen) atoms. The van der Waals surface area contributed by atoms with Gasteiger partial charge in [-0.2, -0.15) is 22.5 Å². The second kappa shape index (κ2) is 3.75. The van der Waals surface area contributed by atoms with Crippen LogP contribution in [-0.2, 0) is 6.18 Å². The second-order valence-electron chi connectivity index (χ2n) is 3.00. The molecule has 2 N–H and O–H groups in total. The van der Waals surface area contributed by atoms with Crippen LogP contribution in [0.1, 0.15) is 5.56 Å². The molecule has 0 fully saturated rings. The Bertz CT molecular complexity index is 507. The van der Waals surface area contributed by atoms with Crippen molar-refractivity contribution in [3.8, 4) is 11.4 Å². The summed E-state index contributed by atoms with van der Waals surface area (Å²) in [5, 5.41) is 0.145. The van der Waals surface area contributed by atoms with Crippen molar-refractivity contribution in [2.24, 2.45) is 0 Å². The monoisotopic (exact) mass is 245 g/mol. The Labute approximate surface area is 92.9 Å². The van der Waals surface area contributed by atoms with Crippen LogP contribution >= 0.6 is 11.5 Å². The van der Waals surface area contributed by atoms with Gasteiger partial charge in [0.15, 0.2) is 11.0 Å². The Morgan fingerprint density at radius 2 is 1.88 bits per heavy atom. The second-order valence-corrected chi connectivity index (χ2v) is 3.78. The van der Waals surface area contributed by atoms with E-state index in [-0.39, 0.29) is 16.5 Å². The highest BCUT2D eigenvalue weighted by Gasteiger charge is 2.34. The third-order valence-corrected chi connectivity index (χ3v) is 2.46. The normalized spacial score (nSPS) is 11.7. The van der Waals surface area contributed by atoms with E-state index >= 15 is 0 Å². The third-order valence-electron chi connectivity index (χ3n) is 1.92. The summed E-state index contributed by atoms with van der Waals surface area (Å²) in [5.74, 6) is 0.00965. The fourth-order valence-corrected chi connectivity index (χ4v) is 1.72. The van der Waals surface area contributed by atoms with E-state index in [1.54, 1.807) is 0 Å². The zero-order chi connectivity index (χ0) is 11.8. The first-order valence-electron chi connectivity index (χ1n) is 4.24. The molecule has 0 radical (unpaired) electrons.